The summed E-state index contributed by atoms with van der Waals surface area (Å²) in [6, 6.07) is 6.33. The molecule has 0 aliphatic heterocycles. The largest absolute Gasteiger partial charge is 0.493 e. The van der Waals surface area contributed by atoms with Crippen molar-refractivity contribution in [3.05, 3.63) is 23.8 Å². The molecule has 0 spiro atoms. The summed E-state index contributed by atoms with van der Waals surface area (Å²) in [7, 11) is 3.34. The third-order valence-electron chi connectivity index (χ3n) is 4.40. The van der Waals surface area contributed by atoms with Crippen molar-refractivity contribution in [3.63, 3.8) is 0 Å². The second-order valence-corrected chi connectivity index (χ2v) is 5.85. The van der Waals surface area contributed by atoms with Crippen LogP contribution < -0.4 is 20.9 Å². The molecule has 22 heavy (non-hydrogen) atoms. The van der Waals surface area contributed by atoms with Gasteiger partial charge in [-0.25, -0.2) is 0 Å². The van der Waals surface area contributed by atoms with Crippen molar-refractivity contribution in [3.8, 4) is 11.5 Å². The summed E-state index contributed by atoms with van der Waals surface area (Å²) in [6.45, 7) is 0. The molecule has 0 atom stereocenters. The fraction of sp³-hybridized carbons (Fsp3) is 0.625. The van der Waals surface area contributed by atoms with Crippen molar-refractivity contribution in [2.75, 3.05) is 14.2 Å². The molecule has 0 saturated heterocycles. The van der Waals surface area contributed by atoms with E-state index in [9.17, 15) is 0 Å². The van der Waals surface area contributed by atoms with Crippen LogP contribution in [-0.2, 0) is 6.42 Å². The normalized spacial score (nSPS) is 23.9. The molecule has 0 bridgehead atoms. The van der Waals surface area contributed by atoms with E-state index in [1.807, 2.05) is 12.1 Å². The Morgan fingerprint density at radius 3 is 2.32 bits per heavy atom. The van der Waals surface area contributed by atoms with E-state index in [0.29, 0.717) is 6.04 Å². The third kappa shape index (κ3) is 5.20. The van der Waals surface area contributed by atoms with E-state index >= 15 is 0 Å². The van der Waals surface area contributed by atoms with Crippen molar-refractivity contribution in [2.45, 2.75) is 50.1 Å². The fourth-order valence-corrected chi connectivity index (χ4v) is 3.00. The molecule has 0 heterocycles. The summed E-state index contributed by atoms with van der Waals surface area (Å²) < 4.78 is 10.8. The number of halogens is 2. The van der Waals surface area contributed by atoms with Crippen LogP contribution in [0.5, 0.6) is 11.5 Å². The highest BCUT2D eigenvalue weighted by Gasteiger charge is 2.30. The monoisotopic (exact) mass is 350 g/mol. The van der Waals surface area contributed by atoms with Crippen LogP contribution in [0, 0.1) is 0 Å². The van der Waals surface area contributed by atoms with Gasteiger partial charge in [0.2, 0.25) is 0 Å². The summed E-state index contributed by atoms with van der Waals surface area (Å²) in [5.41, 5.74) is 13.5. The van der Waals surface area contributed by atoms with Gasteiger partial charge in [0.05, 0.1) is 14.2 Å². The first-order chi connectivity index (χ1) is 9.58. The SMILES string of the molecule is COc1cccc(CCC2(N)CCC(N)CC2)c1OC.Cl.Cl. The van der Waals surface area contributed by atoms with Gasteiger partial charge < -0.3 is 20.9 Å². The van der Waals surface area contributed by atoms with Gasteiger partial charge in [0.1, 0.15) is 0 Å². The van der Waals surface area contributed by atoms with E-state index in [-0.39, 0.29) is 30.4 Å². The van der Waals surface area contributed by atoms with Gasteiger partial charge in [-0.15, -0.1) is 24.8 Å². The molecular formula is C16H28Cl2N2O2. The van der Waals surface area contributed by atoms with Crippen molar-refractivity contribution >= 4 is 24.8 Å². The fourth-order valence-electron chi connectivity index (χ4n) is 3.00. The molecule has 1 aliphatic rings. The lowest BCUT2D eigenvalue weighted by Gasteiger charge is -2.36. The van der Waals surface area contributed by atoms with Gasteiger partial charge in [0.25, 0.3) is 0 Å². The van der Waals surface area contributed by atoms with Crippen LogP contribution in [0.3, 0.4) is 0 Å². The highest BCUT2D eigenvalue weighted by atomic mass is 35.5. The van der Waals surface area contributed by atoms with E-state index in [4.69, 9.17) is 20.9 Å². The van der Waals surface area contributed by atoms with Crippen LogP contribution in [0.4, 0.5) is 0 Å². The molecule has 0 unspecified atom stereocenters. The van der Waals surface area contributed by atoms with E-state index in [2.05, 4.69) is 6.07 Å². The van der Waals surface area contributed by atoms with Crippen LogP contribution in [-0.4, -0.2) is 25.8 Å². The van der Waals surface area contributed by atoms with Crippen molar-refractivity contribution in [1.29, 1.82) is 0 Å². The second-order valence-electron chi connectivity index (χ2n) is 5.85. The maximum absolute atomic E-state index is 6.50. The molecule has 4 nitrogen and oxygen atoms in total. The maximum atomic E-state index is 6.50. The molecule has 1 saturated carbocycles. The number of rotatable bonds is 5. The average molecular weight is 351 g/mol. The zero-order chi connectivity index (χ0) is 14.6. The molecule has 1 aromatic rings. The highest BCUT2D eigenvalue weighted by molar-refractivity contribution is 5.85. The van der Waals surface area contributed by atoms with Crippen LogP contribution in [0.1, 0.15) is 37.7 Å². The van der Waals surface area contributed by atoms with Gasteiger partial charge in [-0.2, -0.15) is 0 Å². The molecule has 0 amide bonds. The lowest BCUT2D eigenvalue weighted by atomic mass is 9.77. The first-order valence-electron chi connectivity index (χ1n) is 7.32. The van der Waals surface area contributed by atoms with Gasteiger partial charge in [-0.1, -0.05) is 12.1 Å². The average Bonchev–Trinajstić information content (AvgIpc) is 2.48. The third-order valence-corrected chi connectivity index (χ3v) is 4.40. The van der Waals surface area contributed by atoms with Gasteiger partial charge in [0.15, 0.2) is 11.5 Å². The first kappa shape index (κ1) is 21.3. The summed E-state index contributed by atoms with van der Waals surface area (Å²) in [5, 5.41) is 0. The number of ether oxygens (including phenoxy) is 2. The second kappa shape index (κ2) is 9.46. The summed E-state index contributed by atoms with van der Waals surface area (Å²) in [4.78, 5) is 0. The number of hydrogen-bond donors (Lipinski definition) is 2. The standard InChI is InChI=1S/C16H26N2O2.2ClH/c1-19-14-5-3-4-12(15(14)20-2)6-9-16(18)10-7-13(17)8-11-16;;/h3-5,13H,6-11,17-18H2,1-2H3;2*1H. The Labute approximate surface area is 145 Å². The molecule has 1 aliphatic carbocycles. The minimum Gasteiger partial charge on any atom is -0.493 e. The number of para-hydroxylation sites is 1. The van der Waals surface area contributed by atoms with Gasteiger partial charge in [-0.3, -0.25) is 0 Å². The first-order valence-corrected chi connectivity index (χ1v) is 7.32. The smallest absolute Gasteiger partial charge is 0.163 e. The van der Waals surface area contributed by atoms with E-state index < -0.39 is 0 Å². The Hall–Kier alpha value is -0.680. The molecule has 1 fully saturated rings. The van der Waals surface area contributed by atoms with Crippen LogP contribution in [0.2, 0.25) is 0 Å². The number of aryl methyl sites for hydroxylation is 1. The Bertz CT molecular complexity index is 450. The molecule has 6 heteroatoms. The highest BCUT2D eigenvalue weighted by Crippen LogP contribution is 2.34. The topological polar surface area (TPSA) is 70.5 Å². The minimum absolute atomic E-state index is 0. The lowest BCUT2D eigenvalue weighted by Crippen LogP contribution is -2.46. The zero-order valence-electron chi connectivity index (χ0n) is 13.3. The number of nitrogens with two attached hydrogens (primary N) is 2. The Morgan fingerprint density at radius 2 is 1.77 bits per heavy atom. The Kier molecular flexibility index (Phi) is 9.16. The Morgan fingerprint density at radius 1 is 1.14 bits per heavy atom. The van der Waals surface area contributed by atoms with Gasteiger partial charge >= 0.3 is 0 Å². The molecule has 0 radical (unpaired) electrons. The van der Waals surface area contributed by atoms with Crippen molar-refractivity contribution in [1.82, 2.24) is 0 Å². The van der Waals surface area contributed by atoms with Crippen LogP contribution >= 0.6 is 24.8 Å². The van der Waals surface area contributed by atoms with Crippen LogP contribution in [0.15, 0.2) is 18.2 Å². The molecule has 4 N–H and O–H groups in total. The van der Waals surface area contributed by atoms with E-state index in [1.54, 1.807) is 14.2 Å². The lowest BCUT2D eigenvalue weighted by molar-refractivity contribution is 0.256. The number of benzene rings is 1. The molecule has 128 valence electrons. The zero-order valence-corrected chi connectivity index (χ0v) is 15.0. The summed E-state index contributed by atoms with van der Waals surface area (Å²) in [6.07, 6.45) is 5.97. The van der Waals surface area contributed by atoms with Crippen molar-refractivity contribution in [2.24, 2.45) is 11.5 Å². The summed E-state index contributed by atoms with van der Waals surface area (Å²) >= 11 is 0. The molecule has 0 aromatic heterocycles. The van der Waals surface area contributed by atoms with Gasteiger partial charge in [-0.05, 0) is 50.2 Å². The summed E-state index contributed by atoms with van der Waals surface area (Å²) in [5.74, 6) is 1.60. The Balaban J connectivity index is 0.00000220. The van der Waals surface area contributed by atoms with Crippen LogP contribution in [0.25, 0.3) is 0 Å². The number of methoxy groups -OCH3 is 2. The maximum Gasteiger partial charge on any atom is 0.163 e. The van der Waals surface area contributed by atoms with E-state index in [1.165, 1.54) is 0 Å². The quantitative estimate of drug-likeness (QED) is 0.855. The molecule has 1 aromatic carbocycles. The molecular weight excluding hydrogens is 323 g/mol. The van der Waals surface area contributed by atoms with E-state index in [0.717, 1.165) is 55.6 Å². The predicted molar refractivity (Wildman–Crippen MR) is 95.7 cm³/mol. The molecule has 2 rings (SSSR count). The predicted octanol–water partition coefficient (Wildman–Crippen LogP) is 3.08. The number of hydrogen-bond acceptors (Lipinski definition) is 4. The van der Waals surface area contributed by atoms with Crippen molar-refractivity contribution < 1.29 is 9.47 Å². The van der Waals surface area contributed by atoms with Gasteiger partial charge in [0, 0.05) is 11.6 Å². The minimum atomic E-state index is -0.0794.